The molecule has 2 aromatic carbocycles. The van der Waals surface area contributed by atoms with Gasteiger partial charge in [-0.05, 0) is 17.7 Å². The summed E-state index contributed by atoms with van der Waals surface area (Å²) in [6.07, 6.45) is 0. The van der Waals surface area contributed by atoms with E-state index in [2.05, 4.69) is 5.32 Å². The molecule has 0 unspecified atom stereocenters. The monoisotopic (exact) mass is 305 g/mol. The van der Waals surface area contributed by atoms with Crippen LogP contribution < -0.4 is 16.2 Å². The Morgan fingerprint density at radius 3 is 2.19 bits per heavy atom. The molecule has 1 atom stereocenters. The summed E-state index contributed by atoms with van der Waals surface area (Å²) in [7, 11) is -3.92. The van der Waals surface area contributed by atoms with Crippen molar-refractivity contribution in [2.24, 2.45) is 10.9 Å². The van der Waals surface area contributed by atoms with Crippen molar-refractivity contribution in [3.63, 3.8) is 0 Å². The van der Waals surface area contributed by atoms with Crippen LogP contribution in [0, 0.1) is 0 Å². The molecule has 5 N–H and O–H groups in total. The van der Waals surface area contributed by atoms with Crippen molar-refractivity contribution in [1.82, 2.24) is 0 Å². The molecule has 0 bridgehead atoms. The average Bonchev–Trinajstić information content (AvgIpc) is 2.47. The molecule has 1 amide bonds. The summed E-state index contributed by atoms with van der Waals surface area (Å²) in [6, 6.07) is 13.8. The summed E-state index contributed by atoms with van der Waals surface area (Å²) in [4.78, 5) is 12.0. The molecule has 0 aliphatic carbocycles. The van der Waals surface area contributed by atoms with Crippen molar-refractivity contribution in [3.05, 3.63) is 60.2 Å². The van der Waals surface area contributed by atoms with E-state index in [1.165, 1.54) is 18.2 Å². The Hall–Kier alpha value is -2.22. The van der Waals surface area contributed by atoms with Crippen molar-refractivity contribution in [2.45, 2.75) is 10.9 Å². The normalized spacial score (nSPS) is 12.7. The fourth-order valence-electron chi connectivity index (χ4n) is 1.84. The van der Waals surface area contributed by atoms with Crippen LogP contribution >= 0.6 is 0 Å². The van der Waals surface area contributed by atoms with Gasteiger partial charge < -0.3 is 11.1 Å². The number of amides is 1. The van der Waals surface area contributed by atoms with E-state index in [0.29, 0.717) is 5.56 Å². The van der Waals surface area contributed by atoms with Gasteiger partial charge in [-0.25, -0.2) is 13.6 Å². The van der Waals surface area contributed by atoms with Gasteiger partial charge in [-0.3, -0.25) is 4.79 Å². The largest absolute Gasteiger partial charge is 0.323 e. The van der Waals surface area contributed by atoms with E-state index in [1.807, 2.05) is 6.07 Å². The number of anilines is 1. The Morgan fingerprint density at radius 2 is 1.57 bits per heavy atom. The molecule has 0 aliphatic rings. The van der Waals surface area contributed by atoms with E-state index < -0.39 is 22.0 Å². The van der Waals surface area contributed by atoms with Crippen molar-refractivity contribution in [1.29, 1.82) is 0 Å². The van der Waals surface area contributed by atoms with Crippen LogP contribution in [0.1, 0.15) is 11.6 Å². The van der Waals surface area contributed by atoms with Crippen molar-refractivity contribution in [3.8, 4) is 0 Å². The van der Waals surface area contributed by atoms with E-state index >= 15 is 0 Å². The second kappa shape index (κ2) is 6.04. The summed E-state index contributed by atoms with van der Waals surface area (Å²) in [5, 5.41) is 7.60. The molecule has 6 nitrogen and oxygen atoms in total. The standard InChI is InChI=1S/C14H15N3O3S/c15-13(10-6-2-1-3-7-10)14(18)17-11-8-4-5-9-12(11)21(16,19)20/h1-9,13H,15H2,(H,17,18)(H2,16,19,20)/t13-/m0/s1. The van der Waals surface area contributed by atoms with Crippen LogP contribution in [0.15, 0.2) is 59.5 Å². The van der Waals surface area contributed by atoms with E-state index in [4.69, 9.17) is 10.9 Å². The lowest BCUT2D eigenvalue weighted by Gasteiger charge is -2.14. The SMILES string of the molecule is N[C@H](C(=O)Nc1ccccc1S(N)(=O)=O)c1ccccc1. The molecule has 0 radical (unpaired) electrons. The molecule has 0 spiro atoms. The number of rotatable bonds is 4. The van der Waals surface area contributed by atoms with Gasteiger partial charge in [0.25, 0.3) is 0 Å². The molecule has 0 aromatic heterocycles. The number of carbonyl (C=O) groups excluding carboxylic acids is 1. The fraction of sp³-hybridized carbons (Fsp3) is 0.0714. The number of carbonyl (C=O) groups is 1. The summed E-state index contributed by atoms with van der Waals surface area (Å²) in [5.74, 6) is -0.516. The minimum Gasteiger partial charge on any atom is -0.323 e. The van der Waals surface area contributed by atoms with Gasteiger partial charge in [-0.2, -0.15) is 0 Å². The van der Waals surface area contributed by atoms with Crippen molar-refractivity contribution < 1.29 is 13.2 Å². The zero-order valence-corrected chi connectivity index (χ0v) is 11.9. The first-order valence-electron chi connectivity index (χ1n) is 6.13. The zero-order chi connectivity index (χ0) is 15.5. The summed E-state index contributed by atoms with van der Waals surface area (Å²) >= 11 is 0. The molecule has 110 valence electrons. The smallest absolute Gasteiger partial charge is 0.245 e. The number of para-hydroxylation sites is 1. The van der Waals surface area contributed by atoms with Gasteiger partial charge in [0.15, 0.2) is 0 Å². The molecule has 0 aliphatic heterocycles. The molecular weight excluding hydrogens is 290 g/mol. The Bertz CT molecular complexity index is 745. The van der Waals surface area contributed by atoms with Gasteiger partial charge in [0.2, 0.25) is 15.9 Å². The minimum absolute atomic E-state index is 0.108. The van der Waals surface area contributed by atoms with Gasteiger partial charge in [-0.1, -0.05) is 42.5 Å². The lowest BCUT2D eigenvalue weighted by molar-refractivity contribution is -0.117. The summed E-state index contributed by atoms with van der Waals surface area (Å²) < 4.78 is 22.9. The lowest BCUT2D eigenvalue weighted by Crippen LogP contribution is -2.28. The van der Waals surface area contributed by atoms with Gasteiger partial charge in [0, 0.05) is 0 Å². The topological polar surface area (TPSA) is 115 Å². The number of nitrogens with two attached hydrogens (primary N) is 2. The predicted molar refractivity (Wildman–Crippen MR) is 79.8 cm³/mol. The number of nitrogens with one attached hydrogen (secondary N) is 1. The quantitative estimate of drug-likeness (QED) is 0.780. The number of sulfonamides is 1. The second-order valence-electron chi connectivity index (χ2n) is 4.42. The van der Waals surface area contributed by atoms with Crippen molar-refractivity contribution >= 4 is 21.6 Å². The average molecular weight is 305 g/mol. The molecule has 0 fully saturated rings. The van der Waals surface area contributed by atoms with Crippen LogP contribution in [-0.2, 0) is 14.8 Å². The van der Waals surface area contributed by atoms with Crippen molar-refractivity contribution in [2.75, 3.05) is 5.32 Å². The number of primary sulfonamides is 1. The molecule has 21 heavy (non-hydrogen) atoms. The number of benzene rings is 2. The third-order valence-corrected chi connectivity index (χ3v) is 3.86. The van der Waals surface area contributed by atoms with E-state index in [1.54, 1.807) is 30.3 Å². The number of hydrogen-bond acceptors (Lipinski definition) is 4. The maximum Gasteiger partial charge on any atom is 0.245 e. The van der Waals surface area contributed by atoms with Crippen LogP contribution in [0.4, 0.5) is 5.69 Å². The van der Waals surface area contributed by atoms with E-state index in [0.717, 1.165) is 0 Å². The Morgan fingerprint density at radius 1 is 1.00 bits per heavy atom. The third kappa shape index (κ3) is 3.66. The van der Waals surface area contributed by atoms with Crippen LogP contribution in [0.2, 0.25) is 0 Å². The molecule has 2 aromatic rings. The first-order chi connectivity index (χ1) is 9.89. The first-order valence-corrected chi connectivity index (χ1v) is 7.67. The highest BCUT2D eigenvalue weighted by Crippen LogP contribution is 2.21. The fourth-order valence-corrected chi connectivity index (χ4v) is 2.53. The highest BCUT2D eigenvalue weighted by Gasteiger charge is 2.19. The van der Waals surface area contributed by atoms with Gasteiger partial charge in [0.05, 0.1) is 5.69 Å². The maximum atomic E-state index is 12.1. The molecular formula is C14H15N3O3S. The summed E-state index contributed by atoms with van der Waals surface area (Å²) in [5.41, 5.74) is 6.59. The predicted octanol–water partition coefficient (Wildman–Crippen LogP) is 0.972. The van der Waals surface area contributed by atoms with E-state index in [-0.39, 0.29) is 10.6 Å². The Labute approximate surface area is 122 Å². The molecule has 2 rings (SSSR count). The second-order valence-corrected chi connectivity index (χ2v) is 5.95. The highest BCUT2D eigenvalue weighted by atomic mass is 32.2. The first kappa shape index (κ1) is 15.2. The van der Waals surface area contributed by atoms with Gasteiger partial charge >= 0.3 is 0 Å². The lowest BCUT2D eigenvalue weighted by atomic mass is 10.1. The number of hydrogen-bond donors (Lipinski definition) is 3. The van der Waals surface area contributed by atoms with E-state index in [9.17, 15) is 13.2 Å². The minimum atomic E-state index is -3.92. The molecule has 0 saturated carbocycles. The van der Waals surface area contributed by atoms with Gasteiger partial charge in [-0.15, -0.1) is 0 Å². The maximum absolute atomic E-state index is 12.1. The highest BCUT2D eigenvalue weighted by molar-refractivity contribution is 7.89. The molecule has 7 heteroatoms. The Kier molecular flexibility index (Phi) is 4.37. The van der Waals surface area contributed by atoms with Gasteiger partial charge in [0.1, 0.15) is 10.9 Å². The van der Waals surface area contributed by atoms with Crippen LogP contribution in [-0.4, -0.2) is 14.3 Å². The zero-order valence-electron chi connectivity index (χ0n) is 11.1. The molecule has 0 heterocycles. The summed E-state index contributed by atoms with van der Waals surface area (Å²) in [6.45, 7) is 0. The van der Waals surface area contributed by atoms with Crippen LogP contribution in [0.3, 0.4) is 0 Å². The molecule has 0 saturated heterocycles. The third-order valence-electron chi connectivity index (χ3n) is 2.89. The van der Waals surface area contributed by atoms with Crippen LogP contribution in [0.25, 0.3) is 0 Å². The Balaban J connectivity index is 2.25. The van der Waals surface area contributed by atoms with Crippen LogP contribution in [0.5, 0.6) is 0 Å².